The topological polar surface area (TPSA) is 59.6 Å². The monoisotopic (exact) mass is 360 g/mol. The van der Waals surface area contributed by atoms with E-state index in [1.54, 1.807) is 12.1 Å². The van der Waals surface area contributed by atoms with Crippen LogP contribution in [0.15, 0.2) is 42.5 Å². The number of ether oxygens (including phenoxy) is 2. The third-order valence-corrected chi connectivity index (χ3v) is 5.16. The summed E-state index contributed by atoms with van der Waals surface area (Å²) in [6.07, 6.45) is 0.651. The van der Waals surface area contributed by atoms with Gasteiger partial charge in [-0.1, -0.05) is 24.3 Å². The van der Waals surface area contributed by atoms with Crippen LogP contribution in [0.4, 0.5) is 14.5 Å². The second-order valence-electron chi connectivity index (χ2n) is 6.40. The van der Waals surface area contributed by atoms with Crippen LogP contribution in [-0.2, 0) is 10.2 Å². The molecule has 0 saturated carbocycles. The lowest BCUT2D eigenvalue weighted by Gasteiger charge is -2.30. The molecule has 0 bridgehead atoms. The zero-order valence-corrected chi connectivity index (χ0v) is 14.1. The number of hydrogen-bond acceptors (Lipinski definition) is 4. The molecule has 2 aromatic rings. The molecule has 2 N–H and O–H groups in total. The van der Waals surface area contributed by atoms with E-state index in [1.165, 1.54) is 13.2 Å². The Morgan fingerprint density at radius 2 is 2.00 bits per heavy atom. The largest absolute Gasteiger partial charge is 0.493 e. The molecule has 2 heterocycles. The van der Waals surface area contributed by atoms with E-state index in [1.807, 2.05) is 24.3 Å². The molecule has 1 fully saturated rings. The van der Waals surface area contributed by atoms with Crippen LogP contribution in [0.5, 0.6) is 11.5 Å². The number of para-hydroxylation sites is 1. The fourth-order valence-corrected chi connectivity index (χ4v) is 4.06. The number of amides is 1. The Labute approximate surface area is 149 Å². The number of anilines is 1. The van der Waals surface area contributed by atoms with Crippen molar-refractivity contribution in [1.29, 1.82) is 0 Å². The third-order valence-electron chi connectivity index (χ3n) is 5.16. The Balaban J connectivity index is 1.77. The molecule has 2 aliphatic rings. The maximum absolute atomic E-state index is 12.9. The number of carbonyl (C=O) groups excluding carboxylic acids is 1. The zero-order chi connectivity index (χ0) is 18.3. The lowest BCUT2D eigenvalue weighted by molar-refractivity contribution is -0.121. The number of nitrogens with one attached hydrogen (secondary N) is 2. The van der Waals surface area contributed by atoms with Crippen molar-refractivity contribution in [2.24, 2.45) is 0 Å². The Hall–Kier alpha value is -2.67. The van der Waals surface area contributed by atoms with Crippen molar-refractivity contribution >= 4 is 11.6 Å². The summed E-state index contributed by atoms with van der Waals surface area (Å²) in [6.45, 7) is -2.26. The van der Waals surface area contributed by atoms with Gasteiger partial charge in [-0.05, 0) is 42.3 Å². The van der Waals surface area contributed by atoms with Crippen molar-refractivity contribution in [3.05, 3.63) is 53.6 Å². The van der Waals surface area contributed by atoms with E-state index in [4.69, 9.17) is 4.74 Å². The van der Waals surface area contributed by atoms with Crippen molar-refractivity contribution in [3.63, 3.8) is 0 Å². The summed E-state index contributed by atoms with van der Waals surface area (Å²) >= 11 is 0. The highest BCUT2D eigenvalue weighted by molar-refractivity contribution is 6.07. The highest BCUT2D eigenvalue weighted by Crippen LogP contribution is 2.51. The molecule has 1 spiro atoms. The van der Waals surface area contributed by atoms with E-state index in [2.05, 4.69) is 15.4 Å². The number of fused-ring (bicyclic) bond motifs is 2. The van der Waals surface area contributed by atoms with Crippen molar-refractivity contribution in [2.75, 3.05) is 19.0 Å². The first-order chi connectivity index (χ1) is 12.6. The number of alkyl halides is 2. The lowest BCUT2D eigenvalue weighted by Crippen LogP contribution is -2.39. The molecule has 0 aliphatic carbocycles. The molecule has 2 aromatic carbocycles. The quantitative estimate of drug-likeness (QED) is 0.879. The van der Waals surface area contributed by atoms with Gasteiger partial charge in [0.1, 0.15) is 0 Å². The van der Waals surface area contributed by atoms with Gasteiger partial charge in [0.25, 0.3) is 0 Å². The first-order valence-corrected chi connectivity index (χ1v) is 8.33. The summed E-state index contributed by atoms with van der Waals surface area (Å²) in [5, 5.41) is 6.35. The van der Waals surface area contributed by atoms with Crippen LogP contribution in [0.1, 0.15) is 23.6 Å². The molecule has 0 aromatic heterocycles. The van der Waals surface area contributed by atoms with E-state index in [0.717, 1.165) is 16.8 Å². The molecule has 1 saturated heterocycles. The van der Waals surface area contributed by atoms with Crippen LogP contribution < -0.4 is 20.1 Å². The number of halogens is 2. The predicted molar refractivity (Wildman–Crippen MR) is 91.7 cm³/mol. The van der Waals surface area contributed by atoms with Gasteiger partial charge in [0.15, 0.2) is 11.5 Å². The highest BCUT2D eigenvalue weighted by atomic mass is 19.3. The SMILES string of the molecule is COc1cc([C@@H]2NCC[C@]23C(=O)Nc2ccccc23)ccc1OC(F)F. The second-order valence-corrected chi connectivity index (χ2v) is 6.40. The van der Waals surface area contributed by atoms with E-state index in [-0.39, 0.29) is 23.4 Å². The van der Waals surface area contributed by atoms with E-state index in [9.17, 15) is 13.6 Å². The van der Waals surface area contributed by atoms with Crippen molar-refractivity contribution in [3.8, 4) is 11.5 Å². The zero-order valence-electron chi connectivity index (χ0n) is 14.1. The standard InChI is InChI=1S/C19H18F2N2O3/c1-25-15-10-11(6-7-14(15)26-18(20)21)16-19(8-9-22-16)12-4-2-3-5-13(12)23-17(19)24/h2-7,10,16,18,22H,8-9H2,1H3,(H,23,24)/t16-,19+/m0/s1. The first-order valence-electron chi connectivity index (χ1n) is 8.33. The minimum atomic E-state index is -2.93. The molecule has 4 rings (SSSR count). The molecule has 136 valence electrons. The molecule has 1 amide bonds. The van der Waals surface area contributed by atoms with Crippen molar-refractivity contribution in [1.82, 2.24) is 5.32 Å². The van der Waals surface area contributed by atoms with Gasteiger partial charge in [-0.2, -0.15) is 8.78 Å². The van der Waals surface area contributed by atoms with Gasteiger partial charge >= 0.3 is 6.61 Å². The van der Waals surface area contributed by atoms with Gasteiger partial charge in [-0.25, -0.2) is 0 Å². The van der Waals surface area contributed by atoms with Crippen LogP contribution in [0.3, 0.4) is 0 Å². The fraction of sp³-hybridized carbons (Fsp3) is 0.316. The van der Waals surface area contributed by atoms with Gasteiger partial charge in [0.2, 0.25) is 5.91 Å². The number of methoxy groups -OCH3 is 1. The summed E-state index contributed by atoms with van der Waals surface area (Å²) in [5.41, 5.74) is 1.82. The van der Waals surface area contributed by atoms with Crippen LogP contribution in [0.25, 0.3) is 0 Å². The number of carbonyl (C=O) groups is 1. The van der Waals surface area contributed by atoms with Crippen LogP contribution in [0.2, 0.25) is 0 Å². The van der Waals surface area contributed by atoms with Gasteiger partial charge in [0.05, 0.1) is 18.6 Å². The maximum Gasteiger partial charge on any atom is 0.387 e. The van der Waals surface area contributed by atoms with Crippen LogP contribution in [-0.4, -0.2) is 26.2 Å². The smallest absolute Gasteiger partial charge is 0.387 e. The van der Waals surface area contributed by atoms with Gasteiger partial charge < -0.3 is 20.1 Å². The number of hydrogen-bond donors (Lipinski definition) is 2. The average Bonchev–Trinajstić information content (AvgIpc) is 3.19. The summed E-state index contributed by atoms with van der Waals surface area (Å²) in [6, 6.07) is 12.1. The number of rotatable bonds is 4. The third kappa shape index (κ3) is 2.42. The second kappa shape index (κ2) is 6.25. The van der Waals surface area contributed by atoms with Crippen LogP contribution in [0, 0.1) is 0 Å². The summed E-state index contributed by atoms with van der Waals surface area (Å²) in [5.74, 6) is 0.119. The highest BCUT2D eigenvalue weighted by Gasteiger charge is 2.55. The Morgan fingerprint density at radius 1 is 1.19 bits per heavy atom. The minimum absolute atomic E-state index is 0.0328. The fourth-order valence-electron chi connectivity index (χ4n) is 4.06. The first kappa shape index (κ1) is 16.8. The Bertz CT molecular complexity index is 858. The molecule has 0 unspecified atom stereocenters. The molecule has 7 heteroatoms. The molecule has 2 aliphatic heterocycles. The van der Waals surface area contributed by atoms with Crippen molar-refractivity contribution < 1.29 is 23.0 Å². The summed E-state index contributed by atoms with van der Waals surface area (Å²) < 4.78 is 34.8. The molecule has 26 heavy (non-hydrogen) atoms. The van der Waals surface area contributed by atoms with E-state index in [0.29, 0.717) is 13.0 Å². The normalized spacial score (nSPS) is 24.0. The van der Waals surface area contributed by atoms with Gasteiger partial charge in [0, 0.05) is 5.69 Å². The van der Waals surface area contributed by atoms with Crippen LogP contribution >= 0.6 is 0 Å². The van der Waals surface area contributed by atoms with E-state index < -0.39 is 12.0 Å². The average molecular weight is 360 g/mol. The van der Waals surface area contributed by atoms with Gasteiger partial charge in [-0.3, -0.25) is 4.79 Å². The molecular formula is C19H18F2N2O3. The molecular weight excluding hydrogens is 342 g/mol. The lowest BCUT2D eigenvalue weighted by atomic mass is 9.73. The Morgan fingerprint density at radius 3 is 2.77 bits per heavy atom. The Kier molecular flexibility index (Phi) is 4.03. The molecule has 2 atom stereocenters. The van der Waals surface area contributed by atoms with Crippen molar-refractivity contribution in [2.45, 2.75) is 24.5 Å². The van der Waals surface area contributed by atoms with Gasteiger partial charge in [-0.15, -0.1) is 0 Å². The van der Waals surface area contributed by atoms with E-state index >= 15 is 0 Å². The molecule has 5 nitrogen and oxygen atoms in total. The summed E-state index contributed by atoms with van der Waals surface area (Å²) in [4.78, 5) is 12.9. The maximum atomic E-state index is 12.9. The minimum Gasteiger partial charge on any atom is -0.493 e. The number of benzene rings is 2. The summed E-state index contributed by atoms with van der Waals surface area (Å²) in [7, 11) is 1.40. The molecule has 0 radical (unpaired) electrons. The predicted octanol–water partition coefficient (Wildman–Crippen LogP) is 3.22.